The molecule has 2 atom stereocenters. The summed E-state index contributed by atoms with van der Waals surface area (Å²) in [4.78, 5) is 33.0. The molecule has 0 spiro atoms. The van der Waals surface area contributed by atoms with Gasteiger partial charge in [-0.25, -0.2) is 14.2 Å². The second-order valence-corrected chi connectivity index (χ2v) is 10.1. The van der Waals surface area contributed by atoms with E-state index in [1.807, 2.05) is 0 Å². The van der Waals surface area contributed by atoms with Crippen LogP contribution in [0.1, 0.15) is 54.0 Å². The number of benzene rings is 1. The SMILES string of the molecule is CC[C@@]1(O)C(=O)OCc2c1cc1n(c2=O)Cc2c-1nc1cc(F)c(C)cc1c2CN1CCCC1CO. The summed E-state index contributed by atoms with van der Waals surface area (Å²) in [6, 6.07) is 4.94. The molecule has 1 aromatic carbocycles. The Morgan fingerprint density at radius 3 is 2.81 bits per heavy atom. The van der Waals surface area contributed by atoms with Crippen molar-refractivity contribution in [3.8, 4) is 11.4 Å². The third kappa shape index (κ3) is 3.19. The van der Waals surface area contributed by atoms with Crippen molar-refractivity contribution >= 4 is 16.9 Å². The first-order valence-electron chi connectivity index (χ1n) is 12.4. The Bertz CT molecular complexity index is 1500. The molecule has 6 rings (SSSR count). The zero-order chi connectivity index (χ0) is 25.4. The molecular formula is C27H28FN3O5. The molecule has 3 aliphatic rings. The second kappa shape index (κ2) is 8.19. The van der Waals surface area contributed by atoms with E-state index in [0.29, 0.717) is 29.0 Å². The van der Waals surface area contributed by atoms with Gasteiger partial charge in [-0.3, -0.25) is 9.69 Å². The van der Waals surface area contributed by atoms with Crippen molar-refractivity contribution in [3.63, 3.8) is 0 Å². The number of likely N-dealkylation sites (tertiary alicyclic amines) is 1. The van der Waals surface area contributed by atoms with Crippen molar-refractivity contribution < 1.29 is 24.1 Å². The molecule has 8 nitrogen and oxygen atoms in total. The number of aliphatic hydroxyl groups excluding tert-OH is 1. The molecule has 5 heterocycles. The summed E-state index contributed by atoms with van der Waals surface area (Å²) in [6.07, 6.45) is 1.96. The molecule has 1 fully saturated rings. The summed E-state index contributed by atoms with van der Waals surface area (Å²) in [5, 5.41) is 21.8. The number of cyclic esters (lactones) is 1. The van der Waals surface area contributed by atoms with Crippen LogP contribution in [0.5, 0.6) is 0 Å². The van der Waals surface area contributed by atoms with Gasteiger partial charge in [0.2, 0.25) is 0 Å². The minimum Gasteiger partial charge on any atom is -0.458 e. The molecule has 0 saturated carbocycles. The van der Waals surface area contributed by atoms with E-state index in [1.54, 1.807) is 30.5 Å². The van der Waals surface area contributed by atoms with E-state index in [9.17, 15) is 24.2 Å². The topological polar surface area (TPSA) is 105 Å². The van der Waals surface area contributed by atoms with Crippen molar-refractivity contribution in [1.82, 2.24) is 14.5 Å². The number of rotatable bonds is 4. The third-order valence-electron chi connectivity index (χ3n) is 8.16. The fourth-order valence-corrected chi connectivity index (χ4v) is 5.99. The third-order valence-corrected chi connectivity index (χ3v) is 8.16. The number of aryl methyl sites for hydroxylation is 1. The fourth-order valence-electron chi connectivity index (χ4n) is 5.99. The Balaban J connectivity index is 1.60. The van der Waals surface area contributed by atoms with Crippen molar-refractivity contribution in [1.29, 1.82) is 0 Å². The molecular weight excluding hydrogens is 465 g/mol. The van der Waals surface area contributed by atoms with Crippen LogP contribution in [-0.4, -0.2) is 49.8 Å². The summed E-state index contributed by atoms with van der Waals surface area (Å²) in [5.41, 5.74) is 2.16. The summed E-state index contributed by atoms with van der Waals surface area (Å²) in [7, 11) is 0. The normalized spacial score (nSPS) is 23.0. The van der Waals surface area contributed by atoms with E-state index in [-0.39, 0.29) is 54.7 Å². The number of ether oxygens (including phenoxy) is 1. The van der Waals surface area contributed by atoms with Crippen LogP contribution in [0.4, 0.5) is 4.39 Å². The first-order valence-corrected chi connectivity index (χ1v) is 12.4. The Hall–Kier alpha value is -3.14. The van der Waals surface area contributed by atoms with Crippen molar-refractivity contribution in [2.75, 3.05) is 13.2 Å². The van der Waals surface area contributed by atoms with Gasteiger partial charge >= 0.3 is 5.97 Å². The van der Waals surface area contributed by atoms with Crippen LogP contribution < -0.4 is 5.56 Å². The maximum Gasteiger partial charge on any atom is 0.343 e. The van der Waals surface area contributed by atoms with Gasteiger partial charge in [0, 0.05) is 35.2 Å². The van der Waals surface area contributed by atoms with Gasteiger partial charge in [-0.15, -0.1) is 0 Å². The van der Waals surface area contributed by atoms with Gasteiger partial charge in [0.15, 0.2) is 5.60 Å². The number of aliphatic hydroxyl groups is 2. The van der Waals surface area contributed by atoms with Gasteiger partial charge in [-0.2, -0.15) is 0 Å². The molecule has 3 aliphatic heterocycles. The van der Waals surface area contributed by atoms with Crippen LogP contribution in [0.3, 0.4) is 0 Å². The number of halogens is 1. The van der Waals surface area contributed by atoms with E-state index < -0.39 is 11.6 Å². The zero-order valence-electron chi connectivity index (χ0n) is 20.3. The first kappa shape index (κ1) is 23.3. The lowest BCUT2D eigenvalue weighted by Gasteiger charge is -2.31. The average molecular weight is 494 g/mol. The maximum atomic E-state index is 14.6. The van der Waals surface area contributed by atoms with Crippen LogP contribution in [0, 0.1) is 12.7 Å². The van der Waals surface area contributed by atoms with E-state index >= 15 is 0 Å². The lowest BCUT2D eigenvalue weighted by atomic mass is 9.86. The number of fused-ring (bicyclic) bond motifs is 5. The molecule has 9 heteroatoms. The number of nitrogens with zero attached hydrogens (tertiary/aromatic N) is 3. The molecule has 0 amide bonds. The van der Waals surface area contributed by atoms with E-state index in [1.165, 1.54) is 6.07 Å². The molecule has 0 aliphatic carbocycles. The minimum absolute atomic E-state index is 0.0481. The average Bonchev–Trinajstić information content (AvgIpc) is 3.47. The molecule has 3 aromatic rings. The standard InChI is InChI=1S/C27H28FN3O5/c1-3-27(35)20-8-23-24-18(11-31(23)25(33)19(20)13-36-26(27)34)17(10-30-6-4-5-15(30)12-32)16-7-14(2)21(28)9-22(16)29-24/h7-9,15,32,35H,3-6,10-13H2,1-2H3/t15?,27-/m0/s1. The van der Waals surface area contributed by atoms with Crippen LogP contribution in [0.25, 0.3) is 22.3 Å². The molecule has 2 aromatic heterocycles. The number of hydrogen-bond acceptors (Lipinski definition) is 7. The quantitative estimate of drug-likeness (QED) is 0.421. The predicted octanol–water partition coefficient (Wildman–Crippen LogP) is 2.48. The Kier molecular flexibility index (Phi) is 5.30. The van der Waals surface area contributed by atoms with Gasteiger partial charge in [0.1, 0.15) is 12.4 Å². The van der Waals surface area contributed by atoms with Gasteiger partial charge in [0.25, 0.3) is 5.56 Å². The molecule has 0 radical (unpaired) electrons. The van der Waals surface area contributed by atoms with E-state index in [4.69, 9.17) is 9.72 Å². The highest BCUT2D eigenvalue weighted by molar-refractivity contribution is 5.89. The van der Waals surface area contributed by atoms with E-state index in [0.717, 1.165) is 35.9 Å². The number of esters is 1. The number of pyridine rings is 2. The van der Waals surface area contributed by atoms with Crippen molar-refractivity contribution in [3.05, 3.63) is 62.2 Å². The number of carbonyl (C=O) groups excluding carboxylic acids is 1. The summed E-state index contributed by atoms with van der Waals surface area (Å²) in [5.74, 6) is -1.13. The van der Waals surface area contributed by atoms with Crippen LogP contribution in [0.15, 0.2) is 23.0 Å². The number of aromatic nitrogens is 2. The summed E-state index contributed by atoms with van der Waals surface area (Å²) < 4.78 is 21.4. The minimum atomic E-state index is -1.90. The van der Waals surface area contributed by atoms with Gasteiger partial charge in [0.05, 0.1) is 35.6 Å². The predicted molar refractivity (Wildman–Crippen MR) is 130 cm³/mol. The molecule has 36 heavy (non-hydrogen) atoms. The monoisotopic (exact) mass is 493 g/mol. The number of carbonyl (C=O) groups is 1. The molecule has 2 N–H and O–H groups in total. The smallest absolute Gasteiger partial charge is 0.343 e. The Morgan fingerprint density at radius 2 is 2.06 bits per heavy atom. The highest BCUT2D eigenvalue weighted by atomic mass is 19.1. The van der Waals surface area contributed by atoms with Crippen LogP contribution in [0.2, 0.25) is 0 Å². The van der Waals surface area contributed by atoms with Crippen molar-refractivity contribution in [2.24, 2.45) is 0 Å². The Morgan fingerprint density at radius 1 is 1.25 bits per heavy atom. The van der Waals surface area contributed by atoms with Gasteiger partial charge in [-0.05, 0) is 56.0 Å². The largest absolute Gasteiger partial charge is 0.458 e. The first-order chi connectivity index (χ1) is 17.3. The lowest BCUT2D eigenvalue weighted by Crippen LogP contribution is -2.44. The molecule has 188 valence electrons. The fraction of sp³-hybridized carbons (Fsp3) is 0.444. The molecule has 1 saturated heterocycles. The molecule has 0 bridgehead atoms. The summed E-state index contributed by atoms with van der Waals surface area (Å²) in [6.45, 7) is 4.92. The highest BCUT2D eigenvalue weighted by Gasteiger charge is 2.45. The highest BCUT2D eigenvalue weighted by Crippen LogP contribution is 2.41. The molecule has 1 unspecified atom stereocenters. The Labute approximate surface area is 206 Å². The maximum absolute atomic E-state index is 14.6. The van der Waals surface area contributed by atoms with Gasteiger partial charge in [-0.1, -0.05) is 6.92 Å². The zero-order valence-corrected chi connectivity index (χ0v) is 20.3. The number of hydrogen-bond donors (Lipinski definition) is 2. The second-order valence-electron chi connectivity index (χ2n) is 10.1. The van der Waals surface area contributed by atoms with Crippen LogP contribution >= 0.6 is 0 Å². The van der Waals surface area contributed by atoms with Crippen LogP contribution in [-0.2, 0) is 34.8 Å². The summed E-state index contributed by atoms with van der Waals surface area (Å²) >= 11 is 0. The van der Waals surface area contributed by atoms with E-state index in [2.05, 4.69) is 4.90 Å². The lowest BCUT2D eigenvalue weighted by molar-refractivity contribution is -0.172. The van der Waals surface area contributed by atoms with Gasteiger partial charge < -0.3 is 19.5 Å². The van der Waals surface area contributed by atoms with Crippen molar-refractivity contribution in [2.45, 2.75) is 64.4 Å².